The van der Waals surface area contributed by atoms with Crippen molar-refractivity contribution in [2.24, 2.45) is 0 Å². The minimum Gasteiger partial charge on any atom is -0.322 e. The lowest BCUT2D eigenvalue weighted by Crippen LogP contribution is -2.15. The molecule has 1 amide bonds. The summed E-state index contributed by atoms with van der Waals surface area (Å²) in [6.07, 6.45) is 0.967. The summed E-state index contributed by atoms with van der Waals surface area (Å²) in [5.74, 6) is -3.60. The summed E-state index contributed by atoms with van der Waals surface area (Å²) in [7, 11) is 0. The van der Waals surface area contributed by atoms with Gasteiger partial charge < -0.3 is 5.32 Å². The summed E-state index contributed by atoms with van der Waals surface area (Å²) in [4.78, 5) is 25.0. The smallest absolute Gasteiger partial charge is 0.272 e. The Labute approximate surface area is 117 Å². The highest BCUT2D eigenvalue weighted by Gasteiger charge is 2.17. The van der Waals surface area contributed by atoms with Crippen molar-refractivity contribution in [3.05, 3.63) is 63.5 Å². The highest BCUT2D eigenvalue weighted by molar-refractivity contribution is 6.04. The quantitative estimate of drug-likeness (QED) is 0.535. The highest BCUT2D eigenvalue weighted by atomic mass is 19.2. The Bertz CT molecular complexity index is 735. The molecule has 0 saturated carbocycles. The fraction of sp³-hybridized carbons (Fsp3) is 0.0769. The minimum absolute atomic E-state index is 0.103. The number of nitro groups is 1. The van der Waals surface area contributed by atoms with E-state index in [2.05, 4.69) is 10.3 Å². The predicted octanol–water partition coefficient (Wildman–Crippen LogP) is 2.83. The van der Waals surface area contributed by atoms with Gasteiger partial charge in [0.1, 0.15) is 0 Å². The molecule has 2 aromatic rings. The molecular formula is C13H9F2N3O3. The first-order chi connectivity index (χ1) is 9.90. The molecule has 108 valence electrons. The van der Waals surface area contributed by atoms with Gasteiger partial charge in [0, 0.05) is 23.5 Å². The first-order valence-corrected chi connectivity index (χ1v) is 5.76. The van der Waals surface area contributed by atoms with Gasteiger partial charge in [0.2, 0.25) is 5.95 Å². The number of rotatable bonds is 3. The molecule has 1 N–H and O–H groups in total. The topological polar surface area (TPSA) is 85.1 Å². The number of nitro benzene ring substituents is 1. The van der Waals surface area contributed by atoms with E-state index >= 15 is 0 Å². The van der Waals surface area contributed by atoms with Crippen LogP contribution in [-0.4, -0.2) is 15.8 Å². The molecule has 6 nitrogen and oxygen atoms in total. The van der Waals surface area contributed by atoms with Crippen LogP contribution in [0, 0.1) is 28.8 Å². The van der Waals surface area contributed by atoms with E-state index in [9.17, 15) is 23.7 Å². The maximum Gasteiger partial charge on any atom is 0.272 e. The van der Waals surface area contributed by atoms with Crippen molar-refractivity contribution in [1.82, 2.24) is 4.98 Å². The molecule has 0 aliphatic carbocycles. The number of nitrogens with one attached hydrogen (secondary N) is 1. The number of amides is 1. The van der Waals surface area contributed by atoms with Gasteiger partial charge in [-0.3, -0.25) is 14.9 Å². The van der Waals surface area contributed by atoms with Gasteiger partial charge >= 0.3 is 0 Å². The number of hydrogen-bond acceptors (Lipinski definition) is 4. The monoisotopic (exact) mass is 293 g/mol. The summed E-state index contributed by atoms with van der Waals surface area (Å²) in [5.41, 5.74) is -0.0356. The molecule has 1 heterocycles. The number of pyridine rings is 1. The molecule has 0 bridgehead atoms. The number of carbonyl (C=O) groups is 1. The van der Waals surface area contributed by atoms with Crippen molar-refractivity contribution in [2.75, 3.05) is 5.32 Å². The van der Waals surface area contributed by atoms with E-state index in [1.165, 1.54) is 25.1 Å². The SMILES string of the molecule is Cc1cc(NC(=O)c2ccnc(F)c2F)ccc1[N+](=O)[O-]. The van der Waals surface area contributed by atoms with Gasteiger partial charge in [-0.25, -0.2) is 9.37 Å². The first kappa shape index (κ1) is 14.5. The fourth-order valence-corrected chi connectivity index (χ4v) is 1.73. The molecule has 0 radical (unpaired) electrons. The van der Waals surface area contributed by atoms with Crippen LogP contribution in [0.5, 0.6) is 0 Å². The fourth-order valence-electron chi connectivity index (χ4n) is 1.73. The number of nitrogens with zero attached hydrogens (tertiary/aromatic N) is 2. The number of carbonyl (C=O) groups excluding carboxylic acids is 1. The lowest BCUT2D eigenvalue weighted by molar-refractivity contribution is -0.385. The van der Waals surface area contributed by atoms with Crippen molar-refractivity contribution in [3.8, 4) is 0 Å². The summed E-state index contributed by atoms with van der Waals surface area (Å²) in [6, 6.07) is 4.92. The summed E-state index contributed by atoms with van der Waals surface area (Å²) in [5, 5.41) is 13.0. The lowest BCUT2D eigenvalue weighted by atomic mass is 10.1. The van der Waals surface area contributed by atoms with Gasteiger partial charge in [-0.05, 0) is 25.1 Å². The molecule has 0 aliphatic rings. The van der Waals surface area contributed by atoms with Crippen LogP contribution in [0.1, 0.15) is 15.9 Å². The molecule has 21 heavy (non-hydrogen) atoms. The number of hydrogen-bond donors (Lipinski definition) is 1. The number of aryl methyl sites for hydroxylation is 1. The van der Waals surface area contributed by atoms with Crippen LogP contribution in [0.3, 0.4) is 0 Å². The van der Waals surface area contributed by atoms with Crippen LogP contribution in [0.2, 0.25) is 0 Å². The summed E-state index contributed by atoms with van der Waals surface area (Å²) < 4.78 is 26.4. The van der Waals surface area contributed by atoms with E-state index in [-0.39, 0.29) is 11.4 Å². The minimum atomic E-state index is -1.37. The predicted molar refractivity (Wildman–Crippen MR) is 69.9 cm³/mol. The van der Waals surface area contributed by atoms with Crippen molar-refractivity contribution >= 4 is 17.3 Å². The zero-order valence-electron chi connectivity index (χ0n) is 10.8. The normalized spacial score (nSPS) is 10.2. The van der Waals surface area contributed by atoms with Crippen LogP contribution in [0.15, 0.2) is 30.5 Å². The Balaban J connectivity index is 2.26. The average Bonchev–Trinajstić information content (AvgIpc) is 2.41. The molecule has 2 rings (SSSR count). The van der Waals surface area contributed by atoms with Crippen LogP contribution >= 0.6 is 0 Å². The van der Waals surface area contributed by atoms with Crippen LogP contribution in [-0.2, 0) is 0 Å². The maximum absolute atomic E-state index is 13.4. The Morgan fingerprint density at radius 3 is 2.67 bits per heavy atom. The molecule has 0 saturated heterocycles. The van der Waals surface area contributed by atoms with E-state index < -0.39 is 28.2 Å². The maximum atomic E-state index is 13.4. The summed E-state index contributed by atoms with van der Waals surface area (Å²) in [6.45, 7) is 1.50. The summed E-state index contributed by atoms with van der Waals surface area (Å²) >= 11 is 0. The highest BCUT2D eigenvalue weighted by Crippen LogP contribution is 2.22. The van der Waals surface area contributed by atoms with Crippen LogP contribution in [0.25, 0.3) is 0 Å². The number of halogens is 2. The van der Waals surface area contributed by atoms with Gasteiger partial charge in [0.15, 0.2) is 5.82 Å². The van der Waals surface area contributed by atoms with Crippen LogP contribution < -0.4 is 5.32 Å². The van der Waals surface area contributed by atoms with Gasteiger partial charge in [0.25, 0.3) is 11.6 Å². The second kappa shape index (κ2) is 5.61. The molecule has 0 atom stereocenters. The molecular weight excluding hydrogens is 284 g/mol. The Kier molecular flexibility index (Phi) is 3.88. The van der Waals surface area contributed by atoms with Crippen molar-refractivity contribution < 1.29 is 18.5 Å². The molecule has 8 heteroatoms. The third kappa shape index (κ3) is 2.99. The molecule has 0 spiro atoms. The third-order valence-electron chi connectivity index (χ3n) is 2.74. The molecule has 0 fully saturated rings. The Morgan fingerprint density at radius 2 is 2.05 bits per heavy atom. The molecule has 1 aromatic carbocycles. The van der Waals surface area contributed by atoms with Crippen LogP contribution in [0.4, 0.5) is 20.2 Å². The van der Waals surface area contributed by atoms with Gasteiger partial charge in [0.05, 0.1) is 10.5 Å². The van der Waals surface area contributed by atoms with Crippen molar-refractivity contribution in [3.63, 3.8) is 0 Å². The Morgan fingerprint density at radius 1 is 1.33 bits per heavy atom. The average molecular weight is 293 g/mol. The van der Waals surface area contributed by atoms with E-state index in [4.69, 9.17) is 0 Å². The third-order valence-corrected chi connectivity index (χ3v) is 2.74. The zero-order valence-corrected chi connectivity index (χ0v) is 10.8. The Hall–Kier alpha value is -2.90. The molecule has 0 unspecified atom stereocenters. The van der Waals surface area contributed by atoms with Crippen molar-refractivity contribution in [2.45, 2.75) is 6.92 Å². The largest absolute Gasteiger partial charge is 0.322 e. The van der Waals surface area contributed by atoms with E-state index in [1.807, 2.05) is 0 Å². The number of benzene rings is 1. The van der Waals surface area contributed by atoms with Gasteiger partial charge in [-0.2, -0.15) is 4.39 Å². The number of anilines is 1. The molecule has 1 aromatic heterocycles. The second-order valence-corrected chi connectivity index (χ2v) is 4.18. The standard InChI is InChI=1S/C13H9F2N3O3/c1-7-6-8(2-3-10(7)18(20)21)17-13(19)9-4-5-16-12(15)11(9)14/h2-6H,1H3,(H,17,19). The molecule has 0 aliphatic heterocycles. The second-order valence-electron chi connectivity index (χ2n) is 4.18. The first-order valence-electron chi connectivity index (χ1n) is 5.76. The van der Waals surface area contributed by atoms with E-state index in [0.717, 1.165) is 12.3 Å². The zero-order chi connectivity index (χ0) is 15.6. The van der Waals surface area contributed by atoms with E-state index in [0.29, 0.717) is 5.56 Å². The number of aromatic nitrogens is 1. The van der Waals surface area contributed by atoms with Gasteiger partial charge in [-0.15, -0.1) is 0 Å². The van der Waals surface area contributed by atoms with Gasteiger partial charge in [-0.1, -0.05) is 0 Å². The van der Waals surface area contributed by atoms with Crippen molar-refractivity contribution in [1.29, 1.82) is 0 Å². The lowest BCUT2D eigenvalue weighted by Gasteiger charge is -2.07. The van der Waals surface area contributed by atoms with E-state index in [1.54, 1.807) is 0 Å².